The monoisotopic (exact) mass is 482 g/mol. The highest BCUT2D eigenvalue weighted by Crippen LogP contribution is 2.35. The van der Waals surface area contributed by atoms with Crippen molar-refractivity contribution >= 4 is 40.0 Å². The highest BCUT2D eigenvalue weighted by atomic mass is 35.5. The average Bonchev–Trinajstić information content (AvgIpc) is 3.23. The maximum atomic E-state index is 14.1. The number of halogens is 3. The predicted octanol–water partition coefficient (Wildman–Crippen LogP) is 7.06. The second-order valence-electron chi connectivity index (χ2n) is 8.08. The molecule has 0 bridgehead atoms. The van der Waals surface area contributed by atoms with E-state index < -0.39 is 0 Å². The lowest BCUT2D eigenvalue weighted by molar-refractivity contribution is -0.121. The summed E-state index contributed by atoms with van der Waals surface area (Å²) in [6.45, 7) is 2.56. The molecule has 0 radical (unpaired) electrons. The van der Waals surface area contributed by atoms with Crippen molar-refractivity contribution in [1.29, 1.82) is 0 Å². The molecular formula is C27H25Cl2FN2O. The number of amides is 1. The summed E-state index contributed by atoms with van der Waals surface area (Å²) in [5.74, 6) is -0.694. The van der Waals surface area contributed by atoms with Crippen LogP contribution in [0.25, 0.3) is 10.9 Å². The molecule has 2 N–H and O–H groups in total. The van der Waals surface area contributed by atoms with Crippen molar-refractivity contribution in [1.82, 2.24) is 10.3 Å². The summed E-state index contributed by atoms with van der Waals surface area (Å²) in [4.78, 5) is 16.3. The third-order valence-electron chi connectivity index (χ3n) is 5.96. The Labute approximate surface area is 202 Å². The van der Waals surface area contributed by atoms with Gasteiger partial charge in [0.05, 0.1) is 0 Å². The SMILES string of the molecule is CCc1cccc2c(C(CC(=O)NCCc3ccc(Cl)cc3Cl)c3cccc(F)c3)c[nH]c12. The molecule has 6 heteroatoms. The lowest BCUT2D eigenvalue weighted by atomic mass is 9.87. The van der Waals surface area contributed by atoms with Gasteiger partial charge in [-0.2, -0.15) is 0 Å². The maximum absolute atomic E-state index is 14.1. The van der Waals surface area contributed by atoms with E-state index in [0.29, 0.717) is 23.0 Å². The minimum Gasteiger partial charge on any atom is -0.361 e. The number of benzene rings is 3. The van der Waals surface area contributed by atoms with Crippen LogP contribution in [0.15, 0.2) is 66.9 Å². The Balaban J connectivity index is 1.55. The van der Waals surface area contributed by atoms with Crippen molar-refractivity contribution in [3.05, 3.63) is 105 Å². The summed E-state index contributed by atoms with van der Waals surface area (Å²) in [6, 6.07) is 18.0. The predicted molar refractivity (Wildman–Crippen MR) is 134 cm³/mol. The molecule has 4 rings (SSSR count). The molecule has 1 aromatic heterocycles. The van der Waals surface area contributed by atoms with E-state index in [9.17, 15) is 9.18 Å². The van der Waals surface area contributed by atoms with Crippen LogP contribution in [0.5, 0.6) is 0 Å². The average molecular weight is 483 g/mol. The number of carbonyl (C=O) groups excluding carboxylic acids is 1. The summed E-state index contributed by atoms with van der Waals surface area (Å²) >= 11 is 12.2. The summed E-state index contributed by atoms with van der Waals surface area (Å²) in [7, 11) is 0. The second kappa shape index (κ2) is 10.4. The van der Waals surface area contributed by atoms with E-state index in [1.165, 1.54) is 17.7 Å². The van der Waals surface area contributed by atoms with Crippen molar-refractivity contribution in [3.8, 4) is 0 Å². The van der Waals surface area contributed by atoms with Crippen LogP contribution in [-0.4, -0.2) is 17.4 Å². The number of carbonyl (C=O) groups is 1. The topological polar surface area (TPSA) is 44.9 Å². The lowest BCUT2D eigenvalue weighted by Crippen LogP contribution is -2.27. The Bertz CT molecular complexity index is 1280. The Morgan fingerprint density at radius 1 is 1.06 bits per heavy atom. The Morgan fingerprint density at radius 3 is 2.64 bits per heavy atom. The zero-order chi connectivity index (χ0) is 23.4. The number of nitrogens with one attached hydrogen (secondary N) is 2. The van der Waals surface area contributed by atoms with Gasteiger partial charge in [-0.1, -0.05) is 66.5 Å². The van der Waals surface area contributed by atoms with E-state index in [0.717, 1.165) is 34.0 Å². The molecule has 1 unspecified atom stereocenters. The van der Waals surface area contributed by atoms with Crippen LogP contribution < -0.4 is 5.32 Å². The first kappa shape index (κ1) is 23.3. The van der Waals surface area contributed by atoms with Gasteiger partial charge in [0.25, 0.3) is 0 Å². The van der Waals surface area contributed by atoms with Gasteiger partial charge in [-0.3, -0.25) is 4.79 Å². The molecule has 3 nitrogen and oxygen atoms in total. The van der Waals surface area contributed by atoms with Crippen LogP contribution in [0.2, 0.25) is 10.0 Å². The number of fused-ring (bicyclic) bond motifs is 1. The molecular weight excluding hydrogens is 458 g/mol. The van der Waals surface area contributed by atoms with Crippen molar-refractivity contribution in [3.63, 3.8) is 0 Å². The van der Waals surface area contributed by atoms with Gasteiger partial charge in [-0.25, -0.2) is 4.39 Å². The van der Waals surface area contributed by atoms with E-state index in [-0.39, 0.29) is 24.1 Å². The van der Waals surface area contributed by atoms with Crippen LogP contribution in [0, 0.1) is 5.82 Å². The van der Waals surface area contributed by atoms with Gasteiger partial charge in [0, 0.05) is 46.0 Å². The third kappa shape index (κ3) is 5.40. The fourth-order valence-electron chi connectivity index (χ4n) is 4.27. The van der Waals surface area contributed by atoms with Crippen molar-refractivity contribution < 1.29 is 9.18 Å². The number of aromatic amines is 1. The molecule has 0 saturated carbocycles. The van der Waals surface area contributed by atoms with Gasteiger partial charge < -0.3 is 10.3 Å². The van der Waals surface area contributed by atoms with Crippen LogP contribution in [-0.2, 0) is 17.6 Å². The van der Waals surface area contributed by atoms with E-state index in [4.69, 9.17) is 23.2 Å². The van der Waals surface area contributed by atoms with Crippen molar-refractivity contribution in [2.45, 2.75) is 32.1 Å². The number of hydrogen-bond donors (Lipinski definition) is 2. The number of aryl methyl sites for hydroxylation is 1. The number of para-hydroxylation sites is 1. The van der Waals surface area contributed by atoms with E-state index in [1.807, 2.05) is 30.5 Å². The second-order valence-corrected chi connectivity index (χ2v) is 8.93. The normalized spacial score (nSPS) is 12.1. The summed E-state index contributed by atoms with van der Waals surface area (Å²) < 4.78 is 14.1. The number of rotatable bonds is 8. The molecule has 1 heterocycles. The van der Waals surface area contributed by atoms with Gasteiger partial charge in [-0.15, -0.1) is 0 Å². The number of hydrogen-bond acceptors (Lipinski definition) is 1. The molecule has 0 fully saturated rings. The third-order valence-corrected chi connectivity index (χ3v) is 6.55. The summed E-state index contributed by atoms with van der Waals surface area (Å²) in [5.41, 5.74) is 4.96. The Kier molecular flexibility index (Phi) is 7.36. The zero-order valence-corrected chi connectivity index (χ0v) is 19.8. The molecule has 1 amide bonds. The maximum Gasteiger partial charge on any atom is 0.220 e. The van der Waals surface area contributed by atoms with Crippen molar-refractivity contribution in [2.75, 3.05) is 6.54 Å². The van der Waals surface area contributed by atoms with Gasteiger partial charge in [0.1, 0.15) is 5.82 Å². The molecule has 33 heavy (non-hydrogen) atoms. The highest BCUT2D eigenvalue weighted by Gasteiger charge is 2.22. The standard InChI is InChI=1S/C27H25Cl2FN2O/c1-2-17-5-4-8-22-24(16-32-27(17)22)23(19-6-3-7-21(30)13-19)15-26(33)31-12-11-18-9-10-20(28)14-25(18)29/h3-10,13-14,16,23,32H,2,11-12,15H2,1H3,(H,31,33). The molecule has 0 aliphatic carbocycles. The highest BCUT2D eigenvalue weighted by molar-refractivity contribution is 6.35. The summed E-state index contributed by atoms with van der Waals surface area (Å²) in [5, 5.41) is 5.21. The van der Waals surface area contributed by atoms with E-state index in [1.54, 1.807) is 18.2 Å². The molecule has 0 saturated heterocycles. The molecule has 1 atom stereocenters. The molecule has 170 valence electrons. The Hall–Kier alpha value is -2.82. The van der Waals surface area contributed by atoms with Crippen LogP contribution in [0.3, 0.4) is 0 Å². The van der Waals surface area contributed by atoms with Crippen molar-refractivity contribution in [2.24, 2.45) is 0 Å². The smallest absolute Gasteiger partial charge is 0.220 e. The lowest BCUT2D eigenvalue weighted by Gasteiger charge is -2.18. The first-order valence-electron chi connectivity index (χ1n) is 11.0. The fourth-order valence-corrected chi connectivity index (χ4v) is 4.77. The summed E-state index contributed by atoms with van der Waals surface area (Å²) in [6.07, 6.45) is 3.65. The van der Waals surface area contributed by atoms with E-state index >= 15 is 0 Å². The Morgan fingerprint density at radius 2 is 1.88 bits per heavy atom. The minimum absolute atomic E-state index is 0.102. The molecule has 0 spiro atoms. The van der Waals surface area contributed by atoms with Gasteiger partial charge in [0.2, 0.25) is 5.91 Å². The molecule has 0 aliphatic heterocycles. The van der Waals surface area contributed by atoms with Gasteiger partial charge in [-0.05, 0) is 59.4 Å². The van der Waals surface area contributed by atoms with Crippen LogP contribution >= 0.6 is 23.2 Å². The largest absolute Gasteiger partial charge is 0.361 e. The van der Waals surface area contributed by atoms with Gasteiger partial charge in [0.15, 0.2) is 0 Å². The molecule has 4 aromatic rings. The quantitative estimate of drug-likeness (QED) is 0.277. The zero-order valence-electron chi connectivity index (χ0n) is 18.3. The van der Waals surface area contributed by atoms with Gasteiger partial charge >= 0.3 is 0 Å². The number of aromatic nitrogens is 1. The minimum atomic E-state index is -0.315. The first-order valence-corrected chi connectivity index (χ1v) is 11.8. The molecule has 3 aromatic carbocycles. The van der Waals surface area contributed by atoms with Crippen LogP contribution in [0.1, 0.15) is 41.5 Å². The van der Waals surface area contributed by atoms with Crippen LogP contribution in [0.4, 0.5) is 4.39 Å². The number of H-pyrrole nitrogens is 1. The first-order chi connectivity index (χ1) is 16.0. The molecule has 0 aliphatic rings. The van der Waals surface area contributed by atoms with E-state index in [2.05, 4.69) is 23.3 Å². The fraction of sp³-hybridized carbons (Fsp3) is 0.222.